The second kappa shape index (κ2) is 5.92. The average molecular weight is 386 g/mol. The molecule has 1 N–H and O–H groups in total. The number of carbonyl (C=O) groups is 1. The lowest BCUT2D eigenvalue weighted by Crippen LogP contribution is -2.14. The summed E-state index contributed by atoms with van der Waals surface area (Å²) in [6.45, 7) is 3.91. The summed E-state index contributed by atoms with van der Waals surface area (Å²) < 4.78 is 0.920. The van der Waals surface area contributed by atoms with E-state index in [9.17, 15) is 4.79 Å². The summed E-state index contributed by atoms with van der Waals surface area (Å²) in [4.78, 5) is 12.3. The molecule has 0 aliphatic heterocycles. The lowest BCUT2D eigenvalue weighted by Gasteiger charge is -2.10. The molecule has 0 saturated heterocycles. The highest BCUT2D eigenvalue weighted by molar-refractivity contribution is 14.1. The van der Waals surface area contributed by atoms with Crippen molar-refractivity contribution in [1.82, 2.24) is 0 Å². The van der Waals surface area contributed by atoms with Crippen molar-refractivity contribution in [2.24, 2.45) is 0 Å². The third kappa shape index (κ3) is 3.48. The highest BCUT2D eigenvalue weighted by Gasteiger charge is 2.11. The molecule has 19 heavy (non-hydrogen) atoms. The zero-order valence-electron chi connectivity index (χ0n) is 10.6. The van der Waals surface area contributed by atoms with Crippen molar-refractivity contribution in [2.45, 2.75) is 13.8 Å². The number of carbonyl (C=O) groups excluding carboxylic acids is 1. The van der Waals surface area contributed by atoms with Gasteiger partial charge in [0.15, 0.2) is 0 Å². The van der Waals surface area contributed by atoms with Gasteiger partial charge in [-0.2, -0.15) is 0 Å². The fraction of sp³-hybridized carbons (Fsp3) is 0.133. The van der Waals surface area contributed by atoms with Crippen LogP contribution in [-0.4, -0.2) is 5.91 Å². The van der Waals surface area contributed by atoms with Crippen molar-refractivity contribution < 1.29 is 4.79 Å². The average Bonchev–Trinajstić information content (AvgIpc) is 2.35. The number of aryl methyl sites for hydroxylation is 2. The van der Waals surface area contributed by atoms with E-state index in [4.69, 9.17) is 11.6 Å². The van der Waals surface area contributed by atoms with E-state index >= 15 is 0 Å². The number of rotatable bonds is 2. The van der Waals surface area contributed by atoms with Crippen LogP contribution in [0.1, 0.15) is 21.5 Å². The summed E-state index contributed by atoms with van der Waals surface area (Å²) in [5.74, 6) is -0.0959. The van der Waals surface area contributed by atoms with Gasteiger partial charge in [-0.05, 0) is 66.3 Å². The van der Waals surface area contributed by atoms with Crippen molar-refractivity contribution in [3.05, 3.63) is 61.7 Å². The maximum atomic E-state index is 12.3. The molecule has 98 valence electrons. The molecule has 0 radical (unpaired) electrons. The van der Waals surface area contributed by atoms with Crippen molar-refractivity contribution >= 4 is 45.8 Å². The summed E-state index contributed by atoms with van der Waals surface area (Å²) in [5, 5.41) is 3.58. The van der Waals surface area contributed by atoms with Crippen LogP contribution < -0.4 is 5.32 Å². The first-order valence-corrected chi connectivity index (χ1v) is 7.26. The molecule has 0 atom stereocenters. The number of amides is 1. The Morgan fingerprint density at radius 3 is 2.58 bits per heavy atom. The largest absolute Gasteiger partial charge is 0.321 e. The summed E-state index contributed by atoms with van der Waals surface area (Å²) in [5.41, 5.74) is 3.51. The van der Waals surface area contributed by atoms with Crippen molar-refractivity contribution in [1.29, 1.82) is 0 Å². The molecule has 4 heteroatoms. The van der Waals surface area contributed by atoms with E-state index in [0.717, 1.165) is 20.4 Å². The van der Waals surface area contributed by atoms with E-state index in [1.165, 1.54) is 0 Å². The second-order valence-corrected chi connectivity index (χ2v) is 6.00. The van der Waals surface area contributed by atoms with E-state index in [-0.39, 0.29) is 5.91 Å². The van der Waals surface area contributed by atoms with Gasteiger partial charge in [0.05, 0.1) is 5.69 Å². The molecule has 0 bridgehead atoms. The van der Waals surface area contributed by atoms with E-state index in [1.54, 1.807) is 6.07 Å². The maximum absolute atomic E-state index is 12.3. The smallest absolute Gasteiger partial charge is 0.255 e. The molecular weight excluding hydrogens is 373 g/mol. The Bertz CT molecular complexity index is 640. The first-order valence-electron chi connectivity index (χ1n) is 5.81. The van der Waals surface area contributed by atoms with Crippen LogP contribution in [0.5, 0.6) is 0 Å². The number of benzene rings is 2. The van der Waals surface area contributed by atoms with Gasteiger partial charge >= 0.3 is 0 Å². The van der Waals surface area contributed by atoms with Gasteiger partial charge in [0.2, 0.25) is 0 Å². The van der Waals surface area contributed by atoms with E-state index in [2.05, 4.69) is 27.9 Å². The summed E-state index contributed by atoms with van der Waals surface area (Å²) in [6, 6.07) is 11.2. The molecule has 1 amide bonds. The van der Waals surface area contributed by atoms with Crippen LogP contribution in [0.3, 0.4) is 0 Å². The summed E-state index contributed by atoms with van der Waals surface area (Å²) in [7, 11) is 0. The molecule has 2 aromatic carbocycles. The van der Waals surface area contributed by atoms with Gasteiger partial charge in [-0.15, -0.1) is 0 Å². The third-order valence-electron chi connectivity index (χ3n) is 2.82. The second-order valence-electron chi connectivity index (χ2n) is 4.40. The Balaban J connectivity index is 2.28. The van der Waals surface area contributed by atoms with Gasteiger partial charge in [0, 0.05) is 14.2 Å². The van der Waals surface area contributed by atoms with Crippen LogP contribution in [0.25, 0.3) is 0 Å². The molecule has 0 heterocycles. The first-order chi connectivity index (χ1) is 8.97. The molecule has 0 saturated carbocycles. The van der Waals surface area contributed by atoms with Gasteiger partial charge in [0.25, 0.3) is 5.91 Å². The fourth-order valence-electron chi connectivity index (χ4n) is 1.76. The number of halogens is 2. The molecule has 0 aliphatic carbocycles. The van der Waals surface area contributed by atoms with Gasteiger partial charge < -0.3 is 5.32 Å². The summed E-state index contributed by atoms with van der Waals surface area (Å²) >= 11 is 8.05. The topological polar surface area (TPSA) is 29.1 Å². The minimum absolute atomic E-state index is 0.0959. The van der Waals surface area contributed by atoms with E-state index in [1.807, 2.05) is 44.2 Å². The Morgan fingerprint density at radius 2 is 1.89 bits per heavy atom. The Labute approximate surface area is 131 Å². The summed E-state index contributed by atoms with van der Waals surface area (Å²) in [6.07, 6.45) is 0. The van der Waals surface area contributed by atoms with E-state index in [0.29, 0.717) is 10.6 Å². The zero-order chi connectivity index (χ0) is 14.0. The highest BCUT2D eigenvalue weighted by atomic mass is 127. The Hall–Kier alpha value is -1.07. The normalized spacial score (nSPS) is 10.3. The number of anilines is 1. The Kier molecular flexibility index (Phi) is 4.47. The number of nitrogens with one attached hydrogen (secondary N) is 1. The molecule has 2 aromatic rings. The van der Waals surface area contributed by atoms with Gasteiger partial charge in [-0.25, -0.2) is 0 Å². The minimum Gasteiger partial charge on any atom is -0.321 e. The minimum atomic E-state index is -0.0959. The van der Waals surface area contributed by atoms with Crippen LogP contribution in [0.4, 0.5) is 5.69 Å². The van der Waals surface area contributed by atoms with Gasteiger partial charge in [-0.1, -0.05) is 29.3 Å². The first kappa shape index (κ1) is 14.3. The molecule has 0 unspecified atom stereocenters. The molecule has 0 aliphatic rings. The number of hydrogen-bond donors (Lipinski definition) is 1. The monoisotopic (exact) mass is 385 g/mol. The molecule has 0 aromatic heterocycles. The Morgan fingerprint density at radius 1 is 1.16 bits per heavy atom. The van der Waals surface area contributed by atoms with Crippen LogP contribution >= 0.6 is 34.2 Å². The van der Waals surface area contributed by atoms with Crippen molar-refractivity contribution in [2.75, 3.05) is 5.32 Å². The fourth-order valence-corrected chi connectivity index (χ4v) is 2.77. The molecule has 0 fully saturated rings. The van der Waals surface area contributed by atoms with Crippen molar-refractivity contribution in [3.63, 3.8) is 0 Å². The van der Waals surface area contributed by atoms with Crippen molar-refractivity contribution in [3.8, 4) is 0 Å². The molecule has 0 spiro atoms. The van der Waals surface area contributed by atoms with Crippen LogP contribution in [-0.2, 0) is 0 Å². The SMILES string of the molecule is Cc1ccc(C)c(C(=O)Nc2ccc(Cl)cc2I)c1. The van der Waals surface area contributed by atoms with Crippen LogP contribution in [0.2, 0.25) is 5.02 Å². The van der Waals surface area contributed by atoms with Gasteiger partial charge in [0.1, 0.15) is 0 Å². The van der Waals surface area contributed by atoms with Crippen LogP contribution in [0, 0.1) is 17.4 Å². The van der Waals surface area contributed by atoms with Crippen LogP contribution in [0.15, 0.2) is 36.4 Å². The predicted octanol–water partition coefficient (Wildman–Crippen LogP) is 4.81. The standard InChI is InChI=1S/C15H13ClINO/c1-9-3-4-10(2)12(7-9)15(19)18-14-6-5-11(16)8-13(14)17/h3-8H,1-2H3,(H,18,19). The molecule has 2 rings (SSSR count). The molecular formula is C15H13ClINO. The third-order valence-corrected chi connectivity index (χ3v) is 3.94. The highest BCUT2D eigenvalue weighted by Crippen LogP contribution is 2.23. The predicted molar refractivity (Wildman–Crippen MR) is 88.0 cm³/mol. The number of hydrogen-bond acceptors (Lipinski definition) is 1. The van der Waals surface area contributed by atoms with E-state index < -0.39 is 0 Å². The zero-order valence-corrected chi connectivity index (χ0v) is 13.5. The van der Waals surface area contributed by atoms with Gasteiger partial charge in [-0.3, -0.25) is 4.79 Å². The lowest BCUT2D eigenvalue weighted by molar-refractivity contribution is 0.102. The molecule has 2 nitrogen and oxygen atoms in total. The lowest BCUT2D eigenvalue weighted by atomic mass is 10.1. The maximum Gasteiger partial charge on any atom is 0.255 e. The quantitative estimate of drug-likeness (QED) is 0.738.